The molecule has 4 nitrogen and oxygen atoms in total. The first-order valence-electron chi connectivity index (χ1n) is 7.64. The summed E-state index contributed by atoms with van der Waals surface area (Å²) in [4.78, 5) is 18.9. The predicted molar refractivity (Wildman–Crippen MR) is 95.6 cm³/mol. The number of nitrogens with zero attached hydrogens (tertiary/aromatic N) is 2. The van der Waals surface area contributed by atoms with Gasteiger partial charge in [-0.05, 0) is 50.4 Å². The second-order valence-corrected chi connectivity index (χ2v) is 6.78. The second kappa shape index (κ2) is 7.07. The number of halogens is 1. The van der Waals surface area contributed by atoms with E-state index in [4.69, 9.17) is 0 Å². The summed E-state index contributed by atoms with van der Waals surface area (Å²) < 4.78 is 14.1. The van der Waals surface area contributed by atoms with Gasteiger partial charge in [-0.15, -0.1) is 11.3 Å². The van der Waals surface area contributed by atoms with Gasteiger partial charge in [0.15, 0.2) is 0 Å². The predicted octanol–water partition coefficient (Wildman–Crippen LogP) is 3.89. The molecule has 6 heteroatoms. The molecule has 1 atom stereocenters. The Morgan fingerprint density at radius 3 is 2.67 bits per heavy atom. The van der Waals surface area contributed by atoms with Crippen LogP contribution in [0.2, 0.25) is 0 Å². The molecule has 1 aromatic heterocycles. The third-order valence-corrected chi connectivity index (χ3v) is 4.90. The van der Waals surface area contributed by atoms with Crippen LogP contribution in [0.15, 0.2) is 48.5 Å². The topological polar surface area (TPSA) is 45.2 Å². The van der Waals surface area contributed by atoms with Crippen molar-refractivity contribution in [3.63, 3.8) is 0 Å². The fourth-order valence-corrected chi connectivity index (χ4v) is 3.35. The van der Waals surface area contributed by atoms with E-state index < -0.39 is 0 Å². The number of anilines is 1. The van der Waals surface area contributed by atoms with Crippen LogP contribution in [0.4, 0.5) is 10.1 Å². The Labute approximate surface area is 143 Å². The van der Waals surface area contributed by atoms with E-state index in [0.29, 0.717) is 12.2 Å². The van der Waals surface area contributed by atoms with E-state index in [9.17, 15) is 9.18 Å². The van der Waals surface area contributed by atoms with Crippen molar-refractivity contribution in [2.45, 2.75) is 19.5 Å². The minimum atomic E-state index is -0.331. The van der Waals surface area contributed by atoms with E-state index in [1.54, 1.807) is 23.5 Å². The normalized spacial score (nSPS) is 12.5. The molecular formula is C18H18FN3OS. The maximum atomic E-state index is 12.9. The van der Waals surface area contributed by atoms with Crippen molar-refractivity contribution >= 4 is 33.1 Å². The molecule has 1 N–H and O–H groups in total. The van der Waals surface area contributed by atoms with Gasteiger partial charge in [0, 0.05) is 5.69 Å². The zero-order valence-electron chi connectivity index (χ0n) is 13.5. The number of carbonyl (C=O) groups is 1. The van der Waals surface area contributed by atoms with Crippen molar-refractivity contribution in [1.29, 1.82) is 0 Å². The highest BCUT2D eigenvalue weighted by atomic mass is 32.1. The monoisotopic (exact) mass is 343 g/mol. The third kappa shape index (κ3) is 3.77. The molecule has 3 aromatic rings. The maximum Gasteiger partial charge on any atom is 0.241 e. The van der Waals surface area contributed by atoms with Gasteiger partial charge >= 0.3 is 0 Å². The Morgan fingerprint density at radius 1 is 1.25 bits per heavy atom. The lowest BCUT2D eigenvalue weighted by atomic mass is 10.2. The molecule has 0 fully saturated rings. The van der Waals surface area contributed by atoms with Crippen LogP contribution in [0.3, 0.4) is 0 Å². The van der Waals surface area contributed by atoms with Crippen LogP contribution in [0.25, 0.3) is 10.2 Å². The smallest absolute Gasteiger partial charge is 0.241 e. The first-order chi connectivity index (χ1) is 11.5. The summed E-state index contributed by atoms with van der Waals surface area (Å²) >= 11 is 1.63. The number of thiazole rings is 1. The maximum absolute atomic E-state index is 12.9. The number of rotatable bonds is 5. The Bertz CT molecular complexity index is 814. The highest BCUT2D eigenvalue weighted by Crippen LogP contribution is 2.23. The quantitative estimate of drug-likeness (QED) is 0.764. The molecule has 24 heavy (non-hydrogen) atoms. The van der Waals surface area contributed by atoms with E-state index in [2.05, 4.69) is 10.3 Å². The second-order valence-electron chi connectivity index (χ2n) is 5.66. The van der Waals surface area contributed by atoms with Crippen LogP contribution in [0.5, 0.6) is 0 Å². The fraction of sp³-hybridized carbons (Fsp3) is 0.222. The summed E-state index contributed by atoms with van der Waals surface area (Å²) in [7, 11) is 1.89. The molecular weight excluding hydrogens is 325 g/mol. The number of nitrogens with one attached hydrogen (secondary N) is 1. The number of fused-ring (bicyclic) bond motifs is 1. The van der Waals surface area contributed by atoms with E-state index >= 15 is 0 Å². The van der Waals surface area contributed by atoms with Crippen LogP contribution < -0.4 is 5.32 Å². The van der Waals surface area contributed by atoms with Gasteiger partial charge < -0.3 is 5.32 Å². The molecule has 0 aliphatic rings. The number of benzene rings is 2. The molecule has 0 saturated heterocycles. The number of carbonyl (C=O) groups excluding carboxylic acids is 1. The molecule has 0 saturated carbocycles. The molecule has 0 bridgehead atoms. The minimum absolute atomic E-state index is 0.134. The average Bonchev–Trinajstić information content (AvgIpc) is 2.98. The number of hydrogen-bond acceptors (Lipinski definition) is 4. The average molecular weight is 343 g/mol. The highest BCUT2D eigenvalue weighted by molar-refractivity contribution is 7.18. The van der Waals surface area contributed by atoms with E-state index in [0.717, 1.165) is 15.2 Å². The SMILES string of the molecule is CC(C(=O)Nc1ccc(F)cc1)N(C)Cc1nc2ccccc2s1. The van der Waals surface area contributed by atoms with Gasteiger partial charge in [-0.25, -0.2) is 9.37 Å². The molecule has 3 rings (SSSR count). The lowest BCUT2D eigenvalue weighted by Crippen LogP contribution is -2.39. The van der Waals surface area contributed by atoms with E-state index in [1.165, 1.54) is 12.1 Å². The number of para-hydroxylation sites is 1. The lowest BCUT2D eigenvalue weighted by molar-refractivity contribution is -0.120. The number of amides is 1. The molecule has 0 radical (unpaired) electrons. The van der Waals surface area contributed by atoms with Crippen molar-refractivity contribution in [3.8, 4) is 0 Å². The van der Waals surface area contributed by atoms with Crippen molar-refractivity contribution in [2.24, 2.45) is 0 Å². The molecule has 1 amide bonds. The van der Waals surface area contributed by atoms with Crippen LogP contribution in [0, 0.1) is 5.82 Å². The van der Waals surface area contributed by atoms with Gasteiger partial charge in [0.2, 0.25) is 5.91 Å². The van der Waals surface area contributed by atoms with E-state index in [-0.39, 0.29) is 17.8 Å². The molecule has 0 aliphatic carbocycles. The van der Waals surface area contributed by atoms with Crippen molar-refractivity contribution in [3.05, 3.63) is 59.4 Å². The molecule has 1 heterocycles. The Morgan fingerprint density at radius 2 is 1.96 bits per heavy atom. The molecule has 0 aliphatic heterocycles. The zero-order valence-corrected chi connectivity index (χ0v) is 14.3. The fourth-order valence-electron chi connectivity index (χ4n) is 2.32. The standard InChI is InChI=1S/C18H18FN3OS/c1-12(18(23)20-14-9-7-13(19)8-10-14)22(2)11-17-21-15-5-3-4-6-16(15)24-17/h3-10,12H,11H2,1-2H3,(H,20,23). The van der Waals surface area contributed by atoms with Crippen LogP contribution in [-0.2, 0) is 11.3 Å². The zero-order chi connectivity index (χ0) is 17.1. The number of aromatic nitrogens is 1. The Balaban J connectivity index is 1.63. The minimum Gasteiger partial charge on any atom is -0.325 e. The van der Waals surface area contributed by atoms with Crippen LogP contribution in [-0.4, -0.2) is 28.9 Å². The van der Waals surface area contributed by atoms with Crippen molar-refractivity contribution in [1.82, 2.24) is 9.88 Å². The molecule has 1 unspecified atom stereocenters. The van der Waals surface area contributed by atoms with Gasteiger partial charge in [-0.2, -0.15) is 0 Å². The summed E-state index contributed by atoms with van der Waals surface area (Å²) in [5, 5.41) is 3.77. The highest BCUT2D eigenvalue weighted by Gasteiger charge is 2.19. The molecule has 2 aromatic carbocycles. The van der Waals surface area contributed by atoms with Gasteiger partial charge in [0.1, 0.15) is 10.8 Å². The Kier molecular flexibility index (Phi) is 4.87. The lowest BCUT2D eigenvalue weighted by Gasteiger charge is -2.22. The summed E-state index contributed by atoms with van der Waals surface area (Å²) in [6, 6.07) is 13.4. The van der Waals surface area contributed by atoms with Gasteiger partial charge in [-0.1, -0.05) is 12.1 Å². The summed E-state index contributed by atoms with van der Waals surface area (Å²) in [5.41, 5.74) is 1.57. The Hall–Kier alpha value is -2.31. The summed E-state index contributed by atoms with van der Waals surface area (Å²) in [6.07, 6.45) is 0. The van der Waals surface area contributed by atoms with Gasteiger partial charge in [0.05, 0.1) is 22.8 Å². The van der Waals surface area contributed by atoms with Gasteiger partial charge in [-0.3, -0.25) is 9.69 Å². The van der Waals surface area contributed by atoms with Gasteiger partial charge in [0.25, 0.3) is 0 Å². The largest absolute Gasteiger partial charge is 0.325 e. The van der Waals surface area contributed by atoms with Crippen LogP contribution in [0.1, 0.15) is 11.9 Å². The number of hydrogen-bond donors (Lipinski definition) is 1. The molecule has 0 spiro atoms. The molecule has 124 valence electrons. The first-order valence-corrected chi connectivity index (χ1v) is 8.46. The van der Waals surface area contributed by atoms with Crippen molar-refractivity contribution in [2.75, 3.05) is 12.4 Å². The first kappa shape index (κ1) is 16.5. The summed E-state index contributed by atoms with van der Waals surface area (Å²) in [6.45, 7) is 2.43. The van der Waals surface area contributed by atoms with Crippen molar-refractivity contribution < 1.29 is 9.18 Å². The third-order valence-electron chi connectivity index (χ3n) is 3.88. The van der Waals surface area contributed by atoms with Crippen LogP contribution >= 0.6 is 11.3 Å². The van der Waals surface area contributed by atoms with E-state index in [1.807, 2.05) is 43.1 Å². The number of likely N-dealkylation sites (N-methyl/N-ethyl adjacent to an activating group) is 1. The summed E-state index contributed by atoms with van der Waals surface area (Å²) in [5.74, 6) is -0.459.